The summed E-state index contributed by atoms with van der Waals surface area (Å²) in [5.74, 6) is 1.15. The molecule has 3 rings (SSSR count). The van der Waals surface area contributed by atoms with Gasteiger partial charge in [0, 0.05) is 29.8 Å². The van der Waals surface area contributed by atoms with Gasteiger partial charge in [-0.05, 0) is 44.6 Å². The quantitative estimate of drug-likeness (QED) is 0.756. The molecule has 0 fully saturated rings. The number of amides is 1. The normalized spacial score (nSPS) is 17.5. The summed E-state index contributed by atoms with van der Waals surface area (Å²) in [5, 5.41) is 3.65. The summed E-state index contributed by atoms with van der Waals surface area (Å²) in [6.45, 7) is 6.39. The molecule has 2 heterocycles. The molecule has 7 heteroatoms. The van der Waals surface area contributed by atoms with E-state index in [9.17, 15) is 9.59 Å². The minimum atomic E-state index is -0.425. The summed E-state index contributed by atoms with van der Waals surface area (Å²) in [5.41, 5.74) is 6.31. The van der Waals surface area contributed by atoms with Gasteiger partial charge in [0.2, 0.25) is 5.91 Å². The molecule has 2 aromatic rings. The zero-order chi connectivity index (χ0) is 18.2. The van der Waals surface area contributed by atoms with Gasteiger partial charge in [-0.1, -0.05) is 6.92 Å². The molecule has 0 saturated heterocycles. The zero-order valence-electron chi connectivity index (χ0n) is 15.1. The molecule has 25 heavy (non-hydrogen) atoms. The number of carbonyl (C=O) groups excluding carboxylic acids is 1. The first-order valence-electron chi connectivity index (χ1n) is 8.83. The van der Waals surface area contributed by atoms with Crippen LogP contribution in [0.5, 0.6) is 0 Å². The number of hydrogen-bond acceptors (Lipinski definition) is 5. The van der Waals surface area contributed by atoms with Gasteiger partial charge in [0.25, 0.3) is 5.56 Å². The number of hydrogen-bond donors (Lipinski definition) is 3. The molecule has 0 aliphatic heterocycles. The molecule has 0 bridgehead atoms. The second-order valence-corrected chi connectivity index (χ2v) is 8.76. The molecular formula is C18H26N4O2S. The standard InChI is InChI=1S/C18H26N4O2S/c1-10-4-5-11-12(8-10)25-17-15(11)16(24)20-13(21-17)6-7-14(23)22-18(2,3)9-19/h10H,4-9,19H2,1-3H3,(H,22,23)(H,20,21,24). The molecule has 0 spiro atoms. The van der Waals surface area contributed by atoms with E-state index in [2.05, 4.69) is 22.2 Å². The van der Waals surface area contributed by atoms with Crippen molar-refractivity contribution in [2.75, 3.05) is 6.54 Å². The molecule has 1 aliphatic carbocycles. The van der Waals surface area contributed by atoms with E-state index in [1.54, 1.807) is 11.3 Å². The Kier molecular flexibility index (Phi) is 4.97. The topological polar surface area (TPSA) is 101 Å². The van der Waals surface area contributed by atoms with Crippen LogP contribution in [0.1, 0.15) is 49.9 Å². The van der Waals surface area contributed by atoms with Crippen molar-refractivity contribution in [2.45, 2.75) is 58.4 Å². The smallest absolute Gasteiger partial charge is 0.259 e. The molecule has 0 aromatic carbocycles. The number of nitrogens with zero attached hydrogens (tertiary/aromatic N) is 1. The van der Waals surface area contributed by atoms with Crippen molar-refractivity contribution in [2.24, 2.45) is 11.7 Å². The Bertz CT molecular complexity index is 853. The number of thiophene rings is 1. The second-order valence-electron chi connectivity index (χ2n) is 7.68. The maximum Gasteiger partial charge on any atom is 0.259 e. The number of fused-ring (bicyclic) bond motifs is 3. The highest BCUT2D eigenvalue weighted by atomic mass is 32.1. The van der Waals surface area contributed by atoms with Crippen LogP contribution < -0.4 is 16.6 Å². The highest BCUT2D eigenvalue weighted by molar-refractivity contribution is 7.18. The minimum Gasteiger partial charge on any atom is -0.350 e. The van der Waals surface area contributed by atoms with Crippen LogP contribution in [0.25, 0.3) is 10.2 Å². The average molecular weight is 362 g/mol. The van der Waals surface area contributed by atoms with Gasteiger partial charge in [-0.25, -0.2) is 4.98 Å². The molecular weight excluding hydrogens is 336 g/mol. The largest absolute Gasteiger partial charge is 0.350 e. The number of aromatic nitrogens is 2. The van der Waals surface area contributed by atoms with Crippen LogP contribution in [0.15, 0.2) is 4.79 Å². The molecule has 1 aliphatic rings. The number of aryl methyl sites for hydroxylation is 2. The third-order valence-corrected chi connectivity index (χ3v) is 5.94. The van der Waals surface area contributed by atoms with Crippen molar-refractivity contribution in [3.8, 4) is 0 Å². The van der Waals surface area contributed by atoms with Crippen molar-refractivity contribution in [3.63, 3.8) is 0 Å². The van der Waals surface area contributed by atoms with E-state index in [-0.39, 0.29) is 17.9 Å². The number of carbonyl (C=O) groups is 1. The number of H-pyrrole nitrogens is 1. The third kappa shape index (κ3) is 3.93. The summed E-state index contributed by atoms with van der Waals surface area (Å²) in [7, 11) is 0. The van der Waals surface area contributed by atoms with Crippen molar-refractivity contribution in [1.29, 1.82) is 0 Å². The fraction of sp³-hybridized carbons (Fsp3) is 0.611. The molecule has 2 aromatic heterocycles. The summed E-state index contributed by atoms with van der Waals surface area (Å²) >= 11 is 1.63. The van der Waals surface area contributed by atoms with Gasteiger partial charge in [0.05, 0.1) is 5.39 Å². The molecule has 0 saturated carbocycles. The van der Waals surface area contributed by atoms with Crippen LogP contribution in [0.4, 0.5) is 0 Å². The molecule has 1 unspecified atom stereocenters. The van der Waals surface area contributed by atoms with Crippen LogP contribution in [0, 0.1) is 5.92 Å². The van der Waals surface area contributed by atoms with E-state index in [4.69, 9.17) is 5.73 Å². The lowest BCUT2D eigenvalue weighted by Gasteiger charge is -2.24. The number of nitrogens with one attached hydrogen (secondary N) is 2. The average Bonchev–Trinajstić information content (AvgIpc) is 2.90. The first kappa shape index (κ1) is 18.1. The first-order chi connectivity index (χ1) is 11.8. The predicted molar refractivity (Wildman–Crippen MR) is 101 cm³/mol. The van der Waals surface area contributed by atoms with Gasteiger partial charge in [-0.2, -0.15) is 0 Å². The summed E-state index contributed by atoms with van der Waals surface area (Å²) in [6.07, 6.45) is 3.80. The Balaban J connectivity index is 1.78. The summed E-state index contributed by atoms with van der Waals surface area (Å²) in [6, 6.07) is 0. The van der Waals surface area contributed by atoms with Gasteiger partial charge in [0.15, 0.2) is 0 Å². The summed E-state index contributed by atoms with van der Waals surface area (Å²) < 4.78 is 0. The van der Waals surface area contributed by atoms with E-state index in [1.165, 1.54) is 10.4 Å². The van der Waals surface area contributed by atoms with Crippen LogP contribution in [-0.4, -0.2) is 28.0 Å². The Morgan fingerprint density at radius 3 is 2.96 bits per heavy atom. The van der Waals surface area contributed by atoms with Crippen molar-refractivity contribution in [1.82, 2.24) is 15.3 Å². The Hall–Kier alpha value is -1.73. The molecule has 4 N–H and O–H groups in total. The molecule has 1 atom stereocenters. The van der Waals surface area contributed by atoms with Crippen molar-refractivity contribution < 1.29 is 4.79 Å². The minimum absolute atomic E-state index is 0.0743. The van der Waals surface area contributed by atoms with Crippen LogP contribution in [-0.2, 0) is 24.1 Å². The Labute approximate surface area is 151 Å². The van der Waals surface area contributed by atoms with E-state index in [0.717, 1.165) is 29.5 Å². The van der Waals surface area contributed by atoms with Gasteiger partial charge in [-0.3, -0.25) is 9.59 Å². The Morgan fingerprint density at radius 1 is 1.48 bits per heavy atom. The monoisotopic (exact) mass is 362 g/mol. The lowest BCUT2D eigenvalue weighted by atomic mass is 9.89. The maximum atomic E-state index is 12.5. The third-order valence-electron chi connectivity index (χ3n) is 4.79. The molecule has 1 amide bonds. The number of rotatable bonds is 5. The predicted octanol–water partition coefficient (Wildman–Crippen LogP) is 1.90. The first-order valence-corrected chi connectivity index (χ1v) is 9.65. The zero-order valence-corrected chi connectivity index (χ0v) is 15.9. The van der Waals surface area contributed by atoms with E-state index in [0.29, 0.717) is 24.7 Å². The van der Waals surface area contributed by atoms with Crippen molar-refractivity contribution in [3.05, 3.63) is 26.6 Å². The lowest BCUT2D eigenvalue weighted by Crippen LogP contribution is -2.48. The highest BCUT2D eigenvalue weighted by Gasteiger charge is 2.23. The van der Waals surface area contributed by atoms with Crippen LogP contribution in [0.3, 0.4) is 0 Å². The molecule has 0 radical (unpaired) electrons. The molecule has 6 nitrogen and oxygen atoms in total. The summed E-state index contributed by atoms with van der Waals surface area (Å²) in [4.78, 5) is 34.2. The SMILES string of the molecule is CC1CCc2c(sc3nc(CCC(=O)NC(C)(C)CN)[nH]c(=O)c23)C1. The lowest BCUT2D eigenvalue weighted by molar-refractivity contribution is -0.122. The Morgan fingerprint density at radius 2 is 2.24 bits per heavy atom. The van der Waals surface area contributed by atoms with E-state index < -0.39 is 5.54 Å². The van der Waals surface area contributed by atoms with Gasteiger partial charge >= 0.3 is 0 Å². The molecule has 136 valence electrons. The second kappa shape index (κ2) is 6.88. The highest BCUT2D eigenvalue weighted by Crippen LogP contribution is 2.35. The number of nitrogens with two attached hydrogens (primary N) is 1. The van der Waals surface area contributed by atoms with Crippen LogP contribution in [0.2, 0.25) is 0 Å². The fourth-order valence-corrected chi connectivity index (χ4v) is 4.64. The van der Waals surface area contributed by atoms with Gasteiger partial charge in [-0.15, -0.1) is 11.3 Å². The van der Waals surface area contributed by atoms with E-state index >= 15 is 0 Å². The number of aromatic amines is 1. The maximum absolute atomic E-state index is 12.5. The van der Waals surface area contributed by atoms with E-state index in [1.807, 2.05) is 13.8 Å². The fourth-order valence-electron chi connectivity index (χ4n) is 3.23. The van der Waals surface area contributed by atoms with Gasteiger partial charge in [0.1, 0.15) is 10.7 Å². The van der Waals surface area contributed by atoms with Gasteiger partial charge < -0.3 is 16.0 Å². The van der Waals surface area contributed by atoms with Crippen LogP contribution >= 0.6 is 11.3 Å². The van der Waals surface area contributed by atoms with Crippen molar-refractivity contribution >= 4 is 27.5 Å².